The third-order valence-electron chi connectivity index (χ3n) is 3.96. The van der Waals surface area contributed by atoms with Crippen LogP contribution in [0.2, 0.25) is 5.02 Å². The minimum Gasteiger partial charge on any atom is -0.205 e. The lowest BCUT2D eigenvalue weighted by atomic mass is 9.77. The molecule has 0 nitrogen and oxygen atoms in total. The molecule has 1 fully saturated rings. The van der Waals surface area contributed by atoms with Crippen molar-refractivity contribution in [3.63, 3.8) is 0 Å². The van der Waals surface area contributed by atoms with Crippen LogP contribution in [0.3, 0.4) is 0 Å². The van der Waals surface area contributed by atoms with Crippen LogP contribution in [-0.4, -0.2) is 0 Å². The molecular weight excluding hydrogens is 235 g/mol. The fourth-order valence-corrected chi connectivity index (χ4v) is 3.08. The normalized spacial score (nSPS) is 24.9. The van der Waals surface area contributed by atoms with Crippen molar-refractivity contribution in [3.8, 4) is 0 Å². The quantitative estimate of drug-likeness (QED) is 0.663. The van der Waals surface area contributed by atoms with E-state index in [-0.39, 0.29) is 10.8 Å². The number of hydrogen-bond donors (Lipinski definition) is 0. The second-order valence-electron chi connectivity index (χ2n) is 5.18. The van der Waals surface area contributed by atoms with E-state index < -0.39 is 0 Å². The second kappa shape index (κ2) is 5.86. The minimum atomic E-state index is -0.278. The van der Waals surface area contributed by atoms with Crippen LogP contribution in [0.15, 0.2) is 18.2 Å². The summed E-state index contributed by atoms with van der Waals surface area (Å²) in [5.74, 6) is 1.16. The molecule has 0 saturated heterocycles. The standard InChI is InChI=1S/C15H20ClF/c1-2-3-11-4-6-12(7-5-11)13-8-9-14(16)15(17)10-13/h8-12H,2-7H2,1H3. The van der Waals surface area contributed by atoms with Crippen molar-refractivity contribution in [2.24, 2.45) is 5.92 Å². The van der Waals surface area contributed by atoms with E-state index in [1.165, 1.54) is 38.5 Å². The summed E-state index contributed by atoms with van der Waals surface area (Å²) in [7, 11) is 0. The Morgan fingerprint density at radius 1 is 1.24 bits per heavy atom. The van der Waals surface area contributed by atoms with Crippen LogP contribution < -0.4 is 0 Å². The highest BCUT2D eigenvalue weighted by Gasteiger charge is 2.22. The zero-order chi connectivity index (χ0) is 12.3. The minimum absolute atomic E-state index is 0.230. The Morgan fingerprint density at radius 3 is 2.53 bits per heavy atom. The van der Waals surface area contributed by atoms with E-state index in [1.54, 1.807) is 12.1 Å². The van der Waals surface area contributed by atoms with Gasteiger partial charge in [0.25, 0.3) is 0 Å². The summed E-state index contributed by atoms with van der Waals surface area (Å²) in [6, 6.07) is 5.29. The molecule has 1 saturated carbocycles. The van der Waals surface area contributed by atoms with Gasteiger partial charge in [0.2, 0.25) is 0 Å². The summed E-state index contributed by atoms with van der Waals surface area (Å²) < 4.78 is 13.4. The van der Waals surface area contributed by atoms with E-state index in [0.29, 0.717) is 5.92 Å². The van der Waals surface area contributed by atoms with Gasteiger partial charge in [-0.1, -0.05) is 37.4 Å². The smallest absolute Gasteiger partial charge is 0.142 e. The molecular formula is C15H20ClF. The van der Waals surface area contributed by atoms with Crippen LogP contribution in [0.1, 0.15) is 56.9 Å². The van der Waals surface area contributed by atoms with Gasteiger partial charge in [-0.25, -0.2) is 4.39 Å². The van der Waals surface area contributed by atoms with Crippen molar-refractivity contribution in [3.05, 3.63) is 34.6 Å². The van der Waals surface area contributed by atoms with Gasteiger partial charge >= 0.3 is 0 Å². The molecule has 1 aliphatic rings. The summed E-state index contributed by atoms with van der Waals surface area (Å²) in [4.78, 5) is 0. The summed E-state index contributed by atoms with van der Waals surface area (Å²) in [5, 5.41) is 0.230. The zero-order valence-electron chi connectivity index (χ0n) is 10.4. The summed E-state index contributed by atoms with van der Waals surface area (Å²) in [6.45, 7) is 2.25. The molecule has 2 heteroatoms. The molecule has 0 atom stereocenters. The molecule has 1 aromatic carbocycles. The average molecular weight is 255 g/mol. The summed E-state index contributed by atoms with van der Waals surface area (Å²) in [5.41, 5.74) is 1.13. The van der Waals surface area contributed by atoms with Gasteiger partial charge in [0.1, 0.15) is 5.82 Å². The lowest BCUT2D eigenvalue weighted by Gasteiger charge is -2.28. The topological polar surface area (TPSA) is 0 Å². The first-order valence-electron chi connectivity index (χ1n) is 6.65. The van der Waals surface area contributed by atoms with Crippen molar-refractivity contribution in [1.29, 1.82) is 0 Å². The molecule has 0 heterocycles. The Labute approximate surface area is 108 Å². The first-order valence-corrected chi connectivity index (χ1v) is 7.03. The van der Waals surface area contributed by atoms with Crippen LogP contribution in [0.5, 0.6) is 0 Å². The molecule has 1 aromatic rings. The highest BCUT2D eigenvalue weighted by atomic mass is 35.5. The number of benzene rings is 1. The van der Waals surface area contributed by atoms with Gasteiger partial charge in [-0.2, -0.15) is 0 Å². The Bertz CT molecular complexity index is 367. The van der Waals surface area contributed by atoms with E-state index in [0.717, 1.165) is 11.5 Å². The average Bonchev–Trinajstić information content (AvgIpc) is 2.34. The number of halogens is 2. The third kappa shape index (κ3) is 3.22. The van der Waals surface area contributed by atoms with Crippen LogP contribution >= 0.6 is 11.6 Å². The SMILES string of the molecule is CCCC1CCC(c2ccc(Cl)c(F)c2)CC1. The van der Waals surface area contributed by atoms with Crippen LogP contribution in [0, 0.1) is 11.7 Å². The molecule has 0 unspecified atom stereocenters. The van der Waals surface area contributed by atoms with Crippen molar-refractivity contribution < 1.29 is 4.39 Å². The fourth-order valence-electron chi connectivity index (χ4n) is 2.96. The van der Waals surface area contributed by atoms with Crippen LogP contribution in [0.4, 0.5) is 4.39 Å². The second-order valence-corrected chi connectivity index (χ2v) is 5.59. The zero-order valence-corrected chi connectivity index (χ0v) is 11.1. The number of rotatable bonds is 3. The Morgan fingerprint density at radius 2 is 1.94 bits per heavy atom. The molecule has 17 heavy (non-hydrogen) atoms. The van der Waals surface area contributed by atoms with E-state index in [1.807, 2.05) is 6.07 Å². The molecule has 1 aliphatic carbocycles. The van der Waals surface area contributed by atoms with Crippen molar-refractivity contribution >= 4 is 11.6 Å². The molecule has 0 amide bonds. The highest BCUT2D eigenvalue weighted by molar-refractivity contribution is 6.30. The lowest BCUT2D eigenvalue weighted by Crippen LogP contribution is -2.13. The molecule has 0 spiro atoms. The van der Waals surface area contributed by atoms with E-state index in [2.05, 4.69) is 6.92 Å². The van der Waals surface area contributed by atoms with Crippen molar-refractivity contribution in [2.45, 2.75) is 51.4 Å². The lowest BCUT2D eigenvalue weighted by molar-refractivity contribution is 0.308. The molecule has 0 bridgehead atoms. The molecule has 0 radical (unpaired) electrons. The maximum Gasteiger partial charge on any atom is 0.142 e. The predicted molar refractivity (Wildman–Crippen MR) is 71.0 cm³/mol. The van der Waals surface area contributed by atoms with Crippen LogP contribution in [-0.2, 0) is 0 Å². The fraction of sp³-hybridized carbons (Fsp3) is 0.600. The van der Waals surface area contributed by atoms with Gasteiger partial charge in [-0.3, -0.25) is 0 Å². The Balaban J connectivity index is 1.98. The van der Waals surface area contributed by atoms with Gasteiger partial charge in [0.15, 0.2) is 0 Å². The van der Waals surface area contributed by atoms with Crippen LogP contribution in [0.25, 0.3) is 0 Å². The molecule has 0 aromatic heterocycles. The molecule has 2 rings (SSSR count). The van der Waals surface area contributed by atoms with Crippen molar-refractivity contribution in [1.82, 2.24) is 0 Å². The van der Waals surface area contributed by atoms with E-state index >= 15 is 0 Å². The van der Waals surface area contributed by atoms with E-state index in [4.69, 9.17) is 11.6 Å². The number of hydrogen-bond acceptors (Lipinski definition) is 0. The van der Waals surface area contributed by atoms with Crippen molar-refractivity contribution in [2.75, 3.05) is 0 Å². The Hall–Kier alpha value is -0.560. The van der Waals surface area contributed by atoms with Gasteiger partial charge in [-0.15, -0.1) is 0 Å². The summed E-state index contributed by atoms with van der Waals surface area (Å²) in [6.07, 6.45) is 7.62. The van der Waals surface area contributed by atoms with Gasteiger partial charge in [0.05, 0.1) is 5.02 Å². The van der Waals surface area contributed by atoms with Gasteiger partial charge in [-0.05, 0) is 55.2 Å². The molecule has 0 N–H and O–H groups in total. The maximum atomic E-state index is 13.4. The maximum absolute atomic E-state index is 13.4. The Kier molecular flexibility index (Phi) is 4.44. The third-order valence-corrected chi connectivity index (χ3v) is 4.27. The monoisotopic (exact) mass is 254 g/mol. The highest BCUT2D eigenvalue weighted by Crippen LogP contribution is 2.38. The first-order chi connectivity index (χ1) is 8.20. The van der Waals surface area contributed by atoms with E-state index in [9.17, 15) is 4.39 Å². The first kappa shape index (κ1) is 12.9. The summed E-state index contributed by atoms with van der Waals surface area (Å²) >= 11 is 5.71. The predicted octanol–water partition coefficient (Wildman–Crippen LogP) is 5.55. The molecule has 94 valence electrons. The molecule has 0 aliphatic heterocycles. The largest absolute Gasteiger partial charge is 0.205 e. The van der Waals surface area contributed by atoms with Gasteiger partial charge < -0.3 is 0 Å². The van der Waals surface area contributed by atoms with Gasteiger partial charge in [0, 0.05) is 0 Å².